The largest absolute Gasteiger partial charge is 0.433 e. The molecule has 1 aromatic carbocycles. The van der Waals surface area contributed by atoms with Gasteiger partial charge < -0.3 is 15.2 Å². The van der Waals surface area contributed by atoms with Crippen molar-refractivity contribution in [2.24, 2.45) is 11.8 Å². The van der Waals surface area contributed by atoms with Gasteiger partial charge in [0.1, 0.15) is 11.5 Å². The number of aromatic amines is 1. The van der Waals surface area contributed by atoms with Gasteiger partial charge in [-0.05, 0) is 61.1 Å². The summed E-state index contributed by atoms with van der Waals surface area (Å²) in [6, 6.07) is 12.4. The molecule has 1 saturated carbocycles. The number of anilines is 1. The van der Waals surface area contributed by atoms with Crippen molar-refractivity contribution in [1.29, 1.82) is 0 Å². The Morgan fingerprint density at radius 2 is 2.00 bits per heavy atom. The van der Waals surface area contributed by atoms with Crippen LogP contribution < -0.4 is 10.2 Å². The molecule has 0 spiro atoms. The van der Waals surface area contributed by atoms with Gasteiger partial charge in [0.15, 0.2) is 0 Å². The van der Waals surface area contributed by atoms with Crippen molar-refractivity contribution >= 4 is 28.3 Å². The molecule has 2 aliphatic rings. The number of rotatable bonds is 4. The molecule has 1 aliphatic carbocycles. The van der Waals surface area contributed by atoms with Gasteiger partial charge in [0, 0.05) is 47.3 Å². The summed E-state index contributed by atoms with van der Waals surface area (Å²) in [4.78, 5) is 9.28. The van der Waals surface area contributed by atoms with Crippen LogP contribution in [-0.4, -0.2) is 29.1 Å². The van der Waals surface area contributed by atoms with Crippen molar-refractivity contribution < 1.29 is 13.2 Å². The second kappa shape index (κ2) is 7.46. The number of aromatic nitrogens is 2. The molecule has 1 saturated heterocycles. The average Bonchev–Trinajstić information content (AvgIpc) is 3.39. The Morgan fingerprint density at radius 3 is 2.83 bits per heavy atom. The van der Waals surface area contributed by atoms with Crippen LogP contribution in [0, 0.1) is 11.8 Å². The van der Waals surface area contributed by atoms with E-state index in [1.807, 2.05) is 23.1 Å². The van der Waals surface area contributed by atoms with E-state index in [1.165, 1.54) is 6.07 Å². The molecule has 158 valence electrons. The van der Waals surface area contributed by atoms with Gasteiger partial charge in [0.05, 0.1) is 0 Å². The van der Waals surface area contributed by atoms with E-state index in [0.717, 1.165) is 55.1 Å². The van der Waals surface area contributed by atoms with Crippen molar-refractivity contribution in [3.8, 4) is 0 Å². The maximum absolute atomic E-state index is 13.0. The van der Waals surface area contributed by atoms with Crippen LogP contribution in [0.1, 0.15) is 24.2 Å². The van der Waals surface area contributed by atoms with Crippen LogP contribution in [0.3, 0.4) is 0 Å². The second-order valence-electron chi connectivity index (χ2n) is 8.30. The van der Waals surface area contributed by atoms with Gasteiger partial charge in [0.2, 0.25) is 0 Å². The molecule has 5 rings (SSSR count). The van der Waals surface area contributed by atoms with Gasteiger partial charge in [0.25, 0.3) is 0 Å². The van der Waals surface area contributed by atoms with Gasteiger partial charge in [-0.1, -0.05) is 17.7 Å². The number of hydrogen-bond donors (Lipinski definition) is 2. The van der Waals surface area contributed by atoms with E-state index >= 15 is 0 Å². The number of halogens is 4. The van der Waals surface area contributed by atoms with Crippen LogP contribution in [0.15, 0.2) is 42.5 Å². The van der Waals surface area contributed by atoms with Crippen LogP contribution in [0.25, 0.3) is 10.9 Å². The first-order valence-electron chi connectivity index (χ1n) is 10.2. The van der Waals surface area contributed by atoms with Crippen molar-refractivity contribution in [1.82, 2.24) is 15.3 Å². The average molecular weight is 435 g/mol. The van der Waals surface area contributed by atoms with Crippen molar-refractivity contribution in [3.63, 3.8) is 0 Å². The Balaban J connectivity index is 1.25. The maximum Gasteiger partial charge on any atom is 0.433 e. The monoisotopic (exact) mass is 434 g/mol. The molecule has 0 bridgehead atoms. The number of pyridine rings is 1. The molecule has 3 heterocycles. The third kappa shape index (κ3) is 3.76. The number of hydrogen-bond acceptors (Lipinski definition) is 3. The summed E-state index contributed by atoms with van der Waals surface area (Å²) in [7, 11) is 0. The fourth-order valence-electron chi connectivity index (χ4n) is 4.96. The van der Waals surface area contributed by atoms with Crippen LogP contribution in [0.4, 0.5) is 19.0 Å². The molecule has 3 unspecified atom stereocenters. The van der Waals surface area contributed by atoms with Crippen molar-refractivity contribution in [2.75, 3.05) is 18.0 Å². The van der Waals surface area contributed by atoms with Crippen LogP contribution in [0.2, 0.25) is 5.02 Å². The fraction of sp³-hybridized carbons (Fsp3) is 0.409. The molecule has 2 N–H and O–H groups in total. The van der Waals surface area contributed by atoms with Crippen molar-refractivity contribution in [2.45, 2.75) is 31.6 Å². The third-order valence-corrected chi connectivity index (χ3v) is 6.63. The number of benzene rings is 1. The topological polar surface area (TPSA) is 44.0 Å². The first kappa shape index (κ1) is 19.7. The van der Waals surface area contributed by atoms with E-state index in [-0.39, 0.29) is 0 Å². The molecular weight excluding hydrogens is 413 g/mol. The van der Waals surface area contributed by atoms with Crippen molar-refractivity contribution in [3.05, 3.63) is 58.9 Å². The maximum atomic E-state index is 13.0. The zero-order valence-corrected chi connectivity index (χ0v) is 17.0. The summed E-state index contributed by atoms with van der Waals surface area (Å²) >= 11 is 6.07. The minimum Gasteiger partial charge on any atom is -0.357 e. The Hall–Kier alpha value is -2.25. The summed E-state index contributed by atoms with van der Waals surface area (Å²) in [5, 5.41) is 5.47. The molecule has 1 aliphatic heterocycles. The minimum atomic E-state index is -4.42. The lowest BCUT2D eigenvalue weighted by molar-refractivity contribution is -0.141. The molecule has 30 heavy (non-hydrogen) atoms. The molecule has 3 atom stereocenters. The fourth-order valence-corrected chi connectivity index (χ4v) is 5.14. The molecule has 4 nitrogen and oxygen atoms in total. The predicted octanol–water partition coefficient (Wildman–Crippen LogP) is 5.24. The third-order valence-electron chi connectivity index (χ3n) is 6.40. The lowest BCUT2D eigenvalue weighted by Crippen LogP contribution is -2.35. The number of alkyl halides is 3. The minimum absolute atomic E-state index is 0.348. The van der Waals surface area contributed by atoms with Crippen LogP contribution in [0.5, 0.6) is 0 Å². The smallest absolute Gasteiger partial charge is 0.357 e. The second-order valence-corrected chi connectivity index (χ2v) is 8.74. The zero-order chi connectivity index (χ0) is 20.9. The van der Waals surface area contributed by atoms with E-state index in [0.29, 0.717) is 28.7 Å². The molecule has 2 aromatic heterocycles. The number of nitrogens with zero attached hydrogens (tertiary/aromatic N) is 2. The van der Waals surface area contributed by atoms with E-state index in [9.17, 15) is 13.2 Å². The highest BCUT2D eigenvalue weighted by atomic mass is 35.5. The molecule has 8 heteroatoms. The highest BCUT2D eigenvalue weighted by molar-refractivity contribution is 6.31. The lowest BCUT2D eigenvalue weighted by Gasteiger charge is -2.23. The summed E-state index contributed by atoms with van der Waals surface area (Å²) in [6.45, 7) is 2.23. The summed E-state index contributed by atoms with van der Waals surface area (Å²) in [6.07, 6.45) is -2.25. The molecule has 0 amide bonds. The molecular formula is C22H22ClF3N4. The quantitative estimate of drug-likeness (QED) is 0.590. The molecule has 0 radical (unpaired) electrons. The van der Waals surface area contributed by atoms with Gasteiger partial charge in [-0.3, -0.25) is 0 Å². The Morgan fingerprint density at radius 1 is 1.13 bits per heavy atom. The van der Waals surface area contributed by atoms with Gasteiger partial charge in [-0.2, -0.15) is 13.2 Å². The predicted molar refractivity (Wildman–Crippen MR) is 112 cm³/mol. The number of nitrogens with one attached hydrogen (secondary N) is 2. The van der Waals surface area contributed by atoms with Gasteiger partial charge in [-0.15, -0.1) is 0 Å². The van der Waals surface area contributed by atoms with E-state index in [2.05, 4.69) is 21.4 Å². The highest BCUT2D eigenvalue weighted by Gasteiger charge is 2.43. The van der Waals surface area contributed by atoms with E-state index in [1.54, 1.807) is 6.07 Å². The first-order valence-corrected chi connectivity index (χ1v) is 10.5. The Bertz CT molecular complexity index is 1060. The van der Waals surface area contributed by atoms with Gasteiger partial charge in [-0.25, -0.2) is 4.98 Å². The number of H-pyrrole nitrogens is 1. The summed E-state index contributed by atoms with van der Waals surface area (Å²) in [5.74, 6) is 1.33. The van der Waals surface area contributed by atoms with E-state index < -0.39 is 11.9 Å². The first-order chi connectivity index (χ1) is 14.4. The SMILES string of the molecule is FC(F)(F)c1cccc(N2CC3CCC(NCc4cc5cc(Cl)ccc5[nH]4)C3C2)n1. The summed E-state index contributed by atoms with van der Waals surface area (Å²) in [5.41, 5.74) is 1.33. The normalized spacial score (nSPS) is 24.0. The highest BCUT2D eigenvalue weighted by Crippen LogP contribution is 2.40. The summed E-state index contributed by atoms with van der Waals surface area (Å²) < 4.78 is 39.0. The van der Waals surface area contributed by atoms with E-state index in [4.69, 9.17) is 11.6 Å². The van der Waals surface area contributed by atoms with Gasteiger partial charge >= 0.3 is 6.18 Å². The molecule has 2 fully saturated rings. The lowest BCUT2D eigenvalue weighted by atomic mass is 9.98. The molecule has 3 aromatic rings. The van der Waals surface area contributed by atoms with Crippen LogP contribution >= 0.6 is 11.6 Å². The Kier molecular flexibility index (Phi) is 4.90. The number of fused-ring (bicyclic) bond motifs is 2. The Labute approximate surface area is 177 Å². The zero-order valence-electron chi connectivity index (χ0n) is 16.2. The standard InChI is InChI=1S/C22H22ClF3N4/c23-15-5-7-18-14(8-15)9-16(28-18)10-27-19-6-4-13-11-30(12-17(13)19)21-3-1-2-20(29-21)22(24,25)26/h1-3,5,7-9,13,17,19,27-28H,4,6,10-12H2. The van der Waals surface area contributed by atoms with Crippen LogP contribution in [-0.2, 0) is 12.7 Å².